The fraction of sp³-hybridized carbons (Fsp3) is 0.286. The molecular weight excluding hydrogens is 199 g/mol. The summed E-state index contributed by atoms with van der Waals surface area (Å²) in [5.41, 5.74) is 6.81. The van der Waals surface area contributed by atoms with Crippen LogP contribution in [-0.4, -0.2) is 10.1 Å². The smallest absolute Gasteiger partial charge is 0.0853 e. The molecule has 0 radical (unpaired) electrons. The van der Waals surface area contributed by atoms with Crippen LogP contribution in [0.4, 0.5) is 0 Å². The van der Waals surface area contributed by atoms with E-state index in [2.05, 4.69) is 4.98 Å². The highest BCUT2D eigenvalue weighted by atomic mass is 35.5. The first-order chi connectivity index (χ1) is 4.86. The summed E-state index contributed by atoms with van der Waals surface area (Å²) in [7, 11) is 0. The second-order valence-corrected chi connectivity index (χ2v) is 1.98. The zero-order valence-corrected chi connectivity index (χ0v) is 8.07. The van der Waals surface area contributed by atoms with Crippen LogP contribution >= 0.6 is 24.8 Å². The van der Waals surface area contributed by atoms with E-state index in [0.29, 0.717) is 12.2 Å². The van der Waals surface area contributed by atoms with Crippen LogP contribution in [0.1, 0.15) is 11.4 Å². The molecule has 0 bridgehead atoms. The second-order valence-electron chi connectivity index (χ2n) is 1.98. The van der Waals surface area contributed by atoms with E-state index in [1.807, 2.05) is 12.1 Å². The number of nitrogens with zero attached hydrogens (tertiary/aromatic N) is 1. The largest absolute Gasteiger partial charge is 0.390 e. The molecule has 1 rings (SSSR count). The summed E-state index contributed by atoms with van der Waals surface area (Å²) in [6.07, 6.45) is 0. The molecule has 5 heteroatoms. The average Bonchev–Trinajstić information content (AvgIpc) is 2.05. The first-order valence-electron chi connectivity index (χ1n) is 3.12. The van der Waals surface area contributed by atoms with Gasteiger partial charge in [-0.15, -0.1) is 24.8 Å². The van der Waals surface area contributed by atoms with Gasteiger partial charge in [-0.25, -0.2) is 0 Å². The van der Waals surface area contributed by atoms with Crippen molar-refractivity contribution in [2.24, 2.45) is 5.73 Å². The van der Waals surface area contributed by atoms with Crippen molar-refractivity contribution in [3.05, 3.63) is 29.6 Å². The maximum atomic E-state index is 8.65. The minimum absolute atomic E-state index is 0. The highest BCUT2D eigenvalue weighted by Crippen LogP contribution is 1.97. The fourth-order valence-electron chi connectivity index (χ4n) is 0.731. The van der Waals surface area contributed by atoms with E-state index in [1.54, 1.807) is 6.07 Å². The number of aliphatic hydroxyl groups excluding tert-OH is 1. The predicted octanol–water partition coefficient (Wildman–Crippen LogP) is 0.876. The Bertz CT molecular complexity index is 201. The summed E-state index contributed by atoms with van der Waals surface area (Å²) >= 11 is 0. The Hall–Kier alpha value is -0.350. The van der Waals surface area contributed by atoms with Crippen molar-refractivity contribution in [1.82, 2.24) is 4.98 Å². The van der Waals surface area contributed by atoms with Gasteiger partial charge in [-0.05, 0) is 12.1 Å². The van der Waals surface area contributed by atoms with Gasteiger partial charge in [0.25, 0.3) is 0 Å². The molecule has 0 aromatic carbocycles. The van der Waals surface area contributed by atoms with E-state index < -0.39 is 0 Å². The zero-order chi connectivity index (χ0) is 7.40. The molecule has 0 atom stereocenters. The Kier molecular flexibility index (Phi) is 8.64. The number of hydrogen-bond donors (Lipinski definition) is 2. The second kappa shape index (κ2) is 7.31. The van der Waals surface area contributed by atoms with E-state index in [4.69, 9.17) is 10.8 Å². The number of aromatic nitrogens is 1. The summed E-state index contributed by atoms with van der Waals surface area (Å²) in [6, 6.07) is 5.43. The van der Waals surface area contributed by atoms with Crippen molar-refractivity contribution in [3.8, 4) is 0 Å². The van der Waals surface area contributed by atoms with E-state index in [1.165, 1.54) is 0 Å². The summed E-state index contributed by atoms with van der Waals surface area (Å²) in [5.74, 6) is 0. The van der Waals surface area contributed by atoms with Crippen LogP contribution in [0.5, 0.6) is 0 Å². The fourth-order valence-corrected chi connectivity index (χ4v) is 0.731. The standard InChI is InChI=1S/C7H10N2O.2ClH/c8-4-6-2-1-3-7(5-10)9-6;;/h1-3,10H,4-5,8H2;2*1H. The SMILES string of the molecule is Cl.Cl.NCc1cccc(CO)n1. The molecule has 0 spiro atoms. The Balaban J connectivity index is 0. The van der Waals surface area contributed by atoms with Crippen molar-refractivity contribution < 1.29 is 5.11 Å². The van der Waals surface area contributed by atoms with Crippen LogP contribution < -0.4 is 5.73 Å². The summed E-state index contributed by atoms with van der Waals surface area (Å²) in [6.45, 7) is 0.404. The Labute approximate surface area is 83.8 Å². The van der Waals surface area contributed by atoms with E-state index in [-0.39, 0.29) is 31.4 Å². The average molecular weight is 211 g/mol. The predicted molar refractivity (Wildman–Crippen MR) is 52.5 cm³/mol. The molecule has 0 unspecified atom stereocenters. The monoisotopic (exact) mass is 210 g/mol. The first-order valence-corrected chi connectivity index (χ1v) is 3.12. The van der Waals surface area contributed by atoms with E-state index in [0.717, 1.165) is 5.69 Å². The number of nitrogens with two attached hydrogens (primary N) is 1. The highest BCUT2D eigenvalue weighted by Gasteiger charge is 1.92. The molecule has 0 aliphatic carbocycles. The van der Waals surface area contributed by atoms with E-state index in [9.17, 15) is 0 Å². The van der Waals surface area contributed by atoms with Crippen molar-refractivity contribution >= 4 is 24.8 Å². The van der Waals surface area contributed by atoms with Gasteiger partial charge in [0, 0.05) is 6.54 Å². The van der Waals surface area contributed by atoms with Gasteiger partial charge < -0.3 is 10.8 Å². The Morgan fingerprint density at radius 1 is 1.25 bits per heavy atom. The van der Waals surface area contributed by atoms with Gasteiger partial charge in [-0.3, -0.25) is 4.98 Å². The number of halogens is 2. The third kappa shape index (κ3) is 3.88. The van der Waals surface area contributed by atoms with Gasteiger partial charge in [-0.1, -0.05) is 6.07 Å². The zero-order valence-electron chi connectivity index (χ0n) is 6.43. The lowest BCUT2D eigenvalue weighted by Crippen LogP contribution is -2.01. The van der Waals surface area contributed by atoms with Gasteiger partial charge in [0.15, 0.2) is 0 Å². The number of pyridine rings is 1. The lowest BCUT2D eigenvalue weighted by Gasteiger charge is -1.97. The third-order valence-corrected chi connectivity index (χ3v) is 1.24. The molecule has 1 aromatic rings. The molecule has 0 amide bonds. The van der Waals surface area contributed by atoms with Crippen molar-refractivity contribution in [2.75, 3.05) is 0 Å². The summed E-state index contributed by atoms with van der Waals surface area (Å²) < 4.78 is 0. The minimum Gasteiger partial charge on any atom is -0.390 e. The van der Waals surface area contributed by atoms with Crippen LogP contribution in [0, 0.1) is 0 Å². The summed E-state index contributed by atoms with van der Waals surface area (Å²) in [5, 5.41) is 8.65. The topological polar surface area (TPSA) is 59.1 Å². The molecule has 1 heterocycles. The van der Waals surface area contributed by atoms with Crippen LogP contribution in [-0.2, 0) is 13.2 Å². The number of rotatable bonds is 2. The van der Waals surface area contributed by atoms with Gasteiger partial charge in [0.2, 0.25) is 0 Å². The molecule has 12 heavy (non-hydrogen) atoms. The van der Waals surface area contributed by atoms with E-state index >= 15 is 0 Å². The Morgan fingerprint density at radius 3 is 2.33 bits per heavy atom. The Morgan fingerprint density at radius 2 is 1.83 bits per heavy atom. The van der Waals surface area contributed by atoms with Crippen molar-refractivity contribution in [1.29, 1.82) is 0 Å². The van der Waals surface area contributed by atoms with Gasteiger partial charge in [-0.2, -0.15) is 0 Å². The quantitative estimate of drug-likeness (QED) is 0.763. The van der Waals surface area contributed by atoms with Crippen molar-refractivity contribution in [3.63, 3.8) is 0 Å². The van der Waals surface area contributed by atoms with Gasteiger partial charge >= 0.3 is 0 Å². The highest BCUT2D eigenvalue weighted by molar-refractivity contribution is 5.85. The number of aliphatic hydroxyl groups is 1. The minimum atomic E-state index is -0.0200. The van der Waals surface area contributed by atoms with Crippen LogP contribution in [0.3, 0.4) is 0 Å². The molecule has 0 fully saturated rings. The molecular formula is C7H12Cl2N2O. The molecule has 0 aliphatic rings. The van der Waals surface area contributed by atoms with Gasteiger partial charge in [0.05, 0.1) is 18.0 Å². The molecule has 0 saturated carbocycles. The lowest BCUT2D eigenvalue weighted by atomic mass is 10.3. The number of hydrogen-bond acceptors (Lipinski definition) is 3. The molecule has 0 saturated heterocycles. The first kappa shape index (κ1) is 14.2. The van der Waals surface area contributed by atoms with Crippen LogP contribution in [0.2, 0.25) is 0 Å². The summed E-state index contributed by atoms with van der Waals surface area (Å²) in [4.78, 5) is 4.03. The van der Waals surface area contributed by atoms with Crippen LogP contribution in [0.15, 0.2) is 18.2 Å². The van der Waals surface area contributed by atoms with Gasteiger partial charge in [0.1, 0.15) is 0 Å². The molecule has 1 aromatic heterocycles. The third-order valence-electron chi connectivity index (χ3n) is 1.24. The molecule has 3 N–H and O–H groups in total. The van der Waals surface area contributed by atoms with Crippen molar-refractivity contribution in [2.45, 2.75) is 13.2 Å². The molecule has 70 valence electrons. The maximum absolute atomic E-state index is 8.65. The van der Waals surface area contributed by atoms with Crippen LogP contribution in [0.25, 0.3) is 0 Å². The lowest BCUT2D eigenvalue weighted by molar-refractivity contribution is 0.276. The molecule has 3 nitrogen and oxygen atoms in total. The normalized spacial score (nSPS) is 8.17. The maximum Gasteiger partial charge on any atom is 0.0853 e. The molecule has 0 aliphatic heterocycles.